The zero-order valence-electron chi connectivity index (χ0n) is 18.0. The van der Waals surface area contributed by atoms with E-state index in [-0.39, 0.29) is 5.91 Å². The molecule has 0 bridgehead atoms. The number of aromatic nitrogens is 1. The smallest absolute Gasteiger partial charge is 0.265 e. The van der Waals surface area contributed by atoms with Crippen LogP contribution >= 0.6 is 23.2 Å². The van der Waals surface area contributed by atoms with Gasteiger partial charge in [0, 0.05) is 16.3 Å². The zero-order chi connectivity index (χ0) is 23.5. The van der Waals surface area contributed by atoms with Gasteiger partial charge in [-0.1, -0.05) is 23.2 Å². The number of benzene rings is 3. The maximum absolute atomic E-state index is 12.6. The maximum atomic E-state index is 12.6. The van der Waals surface area contributed by atoms with Crippen LogP contribution in [0.15, 0.2) is 59.0 Å². The van der Waals surface area contributed by atoms with Gasteiger partial charge < -0.3 is 23.9 Å². The van der Waals surface area contributed by atoms with Crippen molar-refractivity contribution in [3.63, 3.8) is 0 Å². The van der Waals surface area contributed by atoms with Crippen molar-refractivity contribution >= 4 is 45.9 Å². The van der Waals surface area contributed by atoms with Gasteiger partial charge in [-0.05, 0) is 61.5 Å². The average Bonchev–Trinajstić information content (AvgIpc) is 3.23. The second kappa shape index (κ2) is 9.60. The molecule has 1 N–H and O–H groups in total. The highest BCUT2D eigenvalue weighted by Gasteiger charge is 2.18. The fraction of sp³-hybridized carbons (Fsp3) is 0.167. The lowest BCUT2D eigenvalue weighted by Crippen LogP contribution is -2.30. The van der Waals surface area contributed by atoms with Gasteiger partial charge in [0.1, 0.15) is 11.3 Å². The van der Waals surface area contributed by atoms with Crippen molar-refractivity contribution in [2.45, 2.75) is 13.0 Å². The average molecular weight is 487 g/mol. The van der Waals surface area contributed by atoms with Gasteiger partial charge in [0.05, 0.1) is 19.2 Å². The number of carbonyl (C=O) groups is 1. The first-order valence-electron chi connectivity index (χ1n) is 9.93. The number of oxazole rings is 1. The molecule has 33 heavy (non-hydrogen) atoms. The van der Waals surface area contributed by atoms with Crippen LogP contribution in [0.3, 0.4) is 0 Å². The van der Waals surface area contributed by atoms with Crippen molar-refractivity contribution in [2.24, 2.45) is 0 Å². The summed E-state index contributed by atoms with van der Waals surface area (Å²) in [5, 5.41) is 3.63. The van der Waals surface area contributed by atoms with E-state index in [1.807, 2.05) is 6.07 Å². The van der Waals surface area contributed by atoms with Crippen molar-refractivity contribution < 1.29 is 23.4 Å². The lowest BCUT2D eigenvalue weighted by Gasteiger charge is -2.15. The molecule has 0 spiro atoms. The van der Waals surface area contributed by atoms with Crippen molar-refractivity contribution in [3.05, 3.63) is 64.6 Å². The molecule has 3 aromatic carbocycles. The Morgan fingerprint density at radius 1 is 0.970 bits per heavy atom. The van der Waals surface area contributed by atoms with E-state index < -0.39 is 6.10 Å². The van der Waals surface area contributed by atoms with Gasteiger partial charge in [0.2, 0.25) is 5.89 Å². The summed E-state index contributed by atoms with van der Waals surface area (Å²) in [6, 6.07) is 15.4. The van der Waals surface area contributed by atoms with Crippen LogP contribution in [0.25, 0.3) is 22.6 Å². The van der Waals surface area contributed by atoms with E-state index in [9.17, 15) is 4.79 Å². The predicted molar refractivity (Wildman–Crippen MR) is 128 cm³/mol. The van der Waals surface area contributed by atoms with Crippen LogP contribution in [0.1, 0.15) is 6.92 Å². The second-order valence-corrected chi connectivity index (χ2v) is 7.94. The molecule has 0 aliphatic heterocycles. The minimum absolute atomic E-state index is 0.328. The highest BCUT2D eigenvalue weighted by Crippen LogP contribution is 2.34. The summed E-state index contributed by atoms with van der Waals surface area (Å²) in [6.07, 6.45) is -0.793. The van der Waals surface area contributed by atoms with Gasteiger partial charge in [-0.25, -0.2) is 4.98 Å². The molecule has 0 aliphatic rings. The van der Waals surface area contributed by atoms with E-state index in [0.717, 1.165) is 5.56 Å². The Kier molecular flexibility index (Phi) is 6.62. The predicted octanol–water partition coefficient (Wildman–Crippen LogP) is 6.22. The number of rotatable bonds is 7. The number of nitrogens with one attached hydrogen (secondary N) is 1. The molecular formula is C24H20Cl2N2O5. The van der Waals surface area contributed by atoms with E-state index in [1.54, 1.807) is 69.7 Å². The van der Waals surface area contributed by atoms with Crippen LogP contribution in [-0.2, 0) is 4.79 Å². The first kappa shape index (κ1) is 22.8. The van der Waals surface area contributed by atoms with Crippen LogP contribution in [0.2, 0.25) is 10.0 Å². The van der Waals surface area contributed by atoms with E-state index in [1.165, 1.54) is 0 Å². The first-order chi connectivity index (χ1) is 15.9. The topological polar surface area (TPSA) is 82.8 Å². The van der Waals surface area contributed by atoms with Gasteiger partial charge in [0.25, 0.3) is 5.91 Å². The molecule has 170 valence electrons. The number of anilines is 1. The highest BCUT2D eigenvalue weighted by atomic mass is 35.5. The summed E-state index contributed by atoms with van der Waals surface area (Å²) in [6.45, 7) is 1.63. The number of fused-ring (bicyclic) bond motifs is 1. The normalized spacial score (nSPS) is 11.8. The quantitative estimate of drug-likeness (QED) is 0.333. The number of carbonyl (C=O) groups excluding carboxylic acids is 1. The fourth-order valence-electron chi connectivity index (χ4n) is 3.16. The summed E-state index contributed by atoms with van der Waals surface area (Å²) >= 11 is 12.0. The van der Waals surface area contributed by atoms with E-state index >= 15 is 0 Å². The minimum Gasteiger partial charge on any atom is -0.493 e. The fourth-order valence-corrected chi connectivity index (χ4v) is 3.61. The Labute approximate surface area is 200 Å². The molecule has 1 unspecified atom stereocenters. The van der Waals surface area contributed by atoms with Crippen molar-refractivity contribution in [2.75, 3.05) is 19.5 Å². The third-order valence-electron chi connectivity index (χ3n) is 4.85. The van der Waals surface area contributed by atoms with Crippen LogP contribution in [-0.4, -0.2) is 31.2 Å². The summed E-state index contributed by atoms with van der Waals surface area (Å²) < 4.78 is 22.1. The number of halogens is 2. The van der Waals surface area contributed by atoms with Crippen LogP contribution in [0, 0.1) is 0 Å². The molecule has 4 aromatic rings. The Morgan fingerprint density at radius 3 is 2.45 bits per heavy atom. The lowest BCUT2D eigenvalue weighted by atomic mass is 10.2. The van der Waals surface area contributed by atoms with E-state index in [0.29, 0.717) is 50.0 Å². The SMILES string of the molecule is COc1ccc(-c2nc3cc(NC(=O)C(C)Oc4ccc(Cl)cc4Cl)ccc3o2)cc1OC. The van der Waals surface area contributed by atoms with Crippen LogP contribution < -0.4 is 19.5 Å². The summed E-state index contributed by atoms with van der Waals surface area (Å²) in [4.78, 5) is 17.2. The number of methoxy groups -OCH3 is 2. The monoisotopic (exact) mass is 486 g/mol. The van der Waals surface area contributed by atoms with E-state index in [2.05, 4.69) is 10.3 Å². The number of amides is 1. The van der Waals surface area contributed by atoms with Gasteiger partial charge in [-0.3, -0.25) is 4.79 Å². The third kappa shape index (κ3) is 4.99. The van der Waals surface area contributed by atoms with E-state index in [4.69, 9.17) is 41.8 Å². The van der Waals surface area contributed by atoms with Gasteiger partial charge in [-0.2, -0.15) is 0 Å². The maximum Gasteiger partial charge on any atom is 0.265 e. The van der Waals surface area contributed by atoms with Crippen molar-refractivity contribution in [3.8, 4) is 28.7 Å². The van der Waals surface area contributed by atoms with Gasteiger partial charge in [-0.15, -0.1) is 0 Å². The summed E-state index contributed by atoms with van der Waals surface area (Å²) in [5.41, 5.74) is 2.45. The molecule has 0 saturated carbocycles. The molecule has 0 saturated heterocycles. The largest absolute Gasteiger partial charge is 0.493 e. The molecule has 1 heterocycles. The number of nitrogens with zero attached hydrogens (tertiary/aromatic N) is 1. The Morgan fingerprint density at radius 2 is 1.73 bits per heavy atom. The van der Waals surface area contributed by atoms with Crippen molar-refractivity contribution in [1.82, 2.24) is 4.98 Å². The number of ether oxygens (including phenoxy) is 3. The van der Waals surface area contributed by atoms with Crippen LogP contribution in [0.4, 0.5) is 5.69 Å². The van der Waals surface area contributed by atoms with Gasteiger partial charge >= 0.3 is 0 Å². The zero-order valence-corrected chi connectivity index (χ0v) is 19.5. The molecule has 0 aliphatic carbocycles. The molecule has 0 radical (unpaired) electrons. The molecule has 9 heteroatoms. The molecule has 1 aromatic heterocycles. The molecular weight excluding hydrogens is 467 g/mol. The molecule has 0 fully saturated rings. The molecule has 1 amide bonds. The standard InChI is InChI=1S/C24H20Cl2N2O5/c1-13(32-19-8-5-15(25)11-17(19)26)23(29)27-16-6-9-20-18(12-16)28-24(33-20)14-4-7-21(30-2)22(10-14)31-3/h4-13H,1-3H3,(H,27,29). The Hall–Kier alpha value is -3.42. The molecule has 1 atom stereocenters. The third-order valence-corrected chi connectivity index (χ3v) is 5.38. The van der Waals surface area contributed by atoms with Gasteiger partial charge in [0.15, 0.2) is 23.2 Å². The summed E-state index contributed by atoms with van der Waals surface area (Å²) in [5.74, 6) is 1.63. The summed E-state index contributed by atoms with van der Waals surface area (Å²) in [7, 11) is 3.14. The van der Waals surface area contributed by atoms with Crippen molar-refractivity contribution in [1.29, 1.82) is 0 Å². The van der Waals surface area contributed by atoms with Crippen LogP contribution in [0.5, 0.6) is 17.2 Å². The molecule has 7 nitrogen and oxygen atoms in total. The first-order valence-corrected chi connectivity index (χ1v) is 10.7. The molecule has 4 rings (SSSR count). The second-order valence-electron chi connectivity index (χ2n) is 7.10. The Balaban J connectivity index is 1.51. The number of hydrogen-bond donors (Lipinski definition) is 1. The number of hydrogen-bond acceptors (Lipinski definition) is 6. The highest BCUT2D eigenvalue weighted by molar-refractivity contribution is 6.35. The Bertz CT molecular complexity index is 1320. The lowest BCUT2D eigenvalue weighted by molar-refractivity contribution is -0.122. The minimum atomic E-state index is -0.793.